The lowest BCUT2D eigenvalue weighted by atomic mass is 10.1. The first-order valence-corrected chi connectivity index (χ1v) is 9.34. The zero-order chi connectivity index (χ0) is 19.2. The minimum Gasteiger partial charge on any atom is -0.335 e. The Labute approximate surface area is 162 Å². The maximum absolute atomic E-state index is 9.67. The monoisotopic (exact) mass is 368 g/mol. The molecule has 0 aliphatic carbocycles. The number of allylic oxidation sites excluding steroid dienone is 1. The van der Waals surface area contributed by atoms with Gasteiger partial charge in [0.2, 0.25) is 0 Å². The summed E-state index contributed by atoms with van der Waals surface area (Å²) in [6.07, 6.45) is 2.91. The van der Waals surface area contributed by atoms with Crippen LogP contribution in [-0.2, 0) is 0 Å². The summed E-state index contributed by atoms with van der Waals surface area (Å²) in [5.74, 6) is 0. The maximum Gasteiger partial charge on any atom is 0.136 e. The number of para-hydroxylation sites is 1. The summed E-state index contributed by atoms with van der Waals surface area (Å²) in [7, 11) is 0. The van der Waals surface area contributed by atoms with Gasteiger partial charge in [0.05, 0.1) is 22.4 Å². The van der Waals surface area contributed by atoms with Gasteiger partial charge in [-0.25, -0.2) is 0 Å². The molecule has 0 atom stereocenters. The smallest absolute Gasteiger partial charge is 0.136 e. The number of benzene rings is 2. The molecular formula is C22H16N4S. The highest BCUT2D eigenvalue weighted by Crippen LogP contribution is 2.46. The van der Waals surface area contributed by atoms with Crippen molar-refractivity contribution in [2.24, 2.45) is 0 Å². The fraction of sp³-hybridized carbons (Fsp3) is 0.136. The second-order valence-electron chi connectivity index (χ2n) is 5.91. The molecule has 0 fully saturated rings. The van der Waals surface area contributed by atoms with Crippen LogP contribution in [0.1, 0.15) is 13.3 Å². The van der Waals surface area contributed by atoms with Gasteiger partial charge in [0.25, 0.3) is 0 Å². The maximum atomic E-state index is 9.67. The van der Waals surface area contributed by atoms with Gasteiger partial charge in [-0.3, -0.25) is 0 Å². The molecule has 0 unspecified atom stereocenters. The van der Waals surface area contributed by atoms with Crippen molar-refractivity contribution in [3.8, 4) is 18.2 Å². The highest BCUT2D eigenvalue weighted by molar-refractivity contribution is 8.03. The summed E-state index contributed by atoms with van der Waals surface area (Å²) in [6.45, 7) is 3.02. The van der Waals surface area contributed by atoms with Gasteiger partial charge in [0.15, 0.2) is 0 Å². The molecule has 0 radical (unpaired) electrons. The Kier molecular flexibility index (Phi) is 5.62. The summed E-state index contributed by atoms with van der Waals surface area (Å²) in [6, 6.07) is 21.2. The molecule has 1 heterocycles. The number of hydrogen-bond donors (Lipinski definition) is 0. The van der Waals surface area contributed by atoms with Crippen molar-refractivity contribution in [3.63, 3.8) is 0 Å². The molecule has 0 bridgehead atoms. The first kappa shape index (κ1) is 18.3. The van der Waals surface area contributed by atoms with Gasteiger partial charge in [-0.15, -0.1) is 0 Å². The summed E-state index contributed by atoms with van der Waals surface area (Å²) in [4.78, 5) is 3.43. The minimum absolute atomic E-state index is 0.0642. The first-order valence-electron chi connectivity index (χ1n) is 8.53. The van der Waals surface area contributed by atoms with Crippen molar-refractivity contribution in [1.29, 1.82) is 15.8 Å². The van der Waals surface area contributed by atoms with E-state index >= 15 is 0 Å². The number of thioether (sulfide) groups is 1. The largest absolute Gasteiger partial charge is 0.335 e. The second-order valence-corrected chi connectivity index (χ2v) is 6.97. The van der Waals surface area contributed by atoms with Crippen LogP contribution < -0.4 is 15.3 Å². The van der Waals surface area contributed by atoms with Crippen LogP contribution in [0.15, 0.2) is 64.5 Å². The fourth-order valence-electron chi connectivity index (χ4n) is 2.89. The predicted octanol–water partition coefficient (Wildman–Crippen LogP) is 3.42. The standard InChI is InChI=1S/C22H16N4S/c1-2-11-26-20-5-3-4-6-21(20)27-22(26)12-18(13-23)16-7-9-17(10-8-16)19(14-24)15-25/h3-10,12H,2,11H2,1H3/b22-12-. The van der Waals surface area contributed by atoms with E-state index in [-0.39, 0.29) is 5.57 Å². The molecule has 3 rings (SSSR count). The summed E-state index contributed by atoms with van der Waals surface area (Å²) in [5, 5.41) is 30.0. The third-order valence-electron chi connectivity index (χ3n) is 4.18. The fourth-order valence-corrected chi connectivity index (χ4v) is 4.02. The van der Waals surface area contributed by atoms with Crippen molar-refractivity contribution < 1.29 is 0 Å². The Balaban J connectivity index is 2.09. The number of anilines is 1. The summed E-state index contributed by atoms with van der Waals surface area (Å²) in [5.41, 5.74) is 1.79. The zero-order valence-corrected chi connectivity index (χ0v) is 15.6. The first-order chi connectivity index (χ1) is 13.2. The van der Waals surface area contributed by atoms with Crippen molar-refractivity contribution in [2.75, 3.05) is 11.4 Å². The number of nitrogens with zero attached hydrogens (tertiary/aromatic N) is 4. The minimum atomic E-state index is 0.0642. The van der Waals surface area contributed by atoms with E-state index in [0.717, 1.165) is 23.2 Å². The molecule has 0 N–H and O–H groups in total. The highest BCUT2D eigenvalue weighted by atomic mass is 32.2. The molecule has 27 heavy (non-hydrogen) atoms. The molecule has 0 spiro atoms. The van der Waals surface area contributed by atoms with E-state index in [1.807, 2.05) is 30.3 Å². The number of fused-ring (bicyclic) bond motifs is 1. The normalized spacial score (nSPS) is 13.4. The lowest BCUT2D eigenvalue weighted by Gasteiger charge is -2.19. The van der Waals surface area contributed by atoms with Crippen LogP contribution in [0.4, 0.5) is 5.69 Å². The lowest BCUT2D eigenvalue weighted by molar-refractivity contribution is 0.874. The Hall–Kier alpha value is -3.46. The topological polar surface area (TPSA) is 74.6 Å². The van der Waals surface area contributed by atoms with Crippen LogP contribution in [0, 0.1) is 34.0 Å². The average Bonchev–Trinajstić information content (AvgIpc) is 3.05. The van der Waals surface area contributed by atoms with E-state index in [4.69, 9.17) is 10.5 Å². The Morgan fingerprint density at radius 1 is 0.963 bits per heavy atom. The van der Waals surface area contributed by atoms with Crippen molar-refractivity contribution in [2.45, 2.75) is 18.2 Å². The van der Waals surface area contributed by atoms with Crippen molar-refractivity contribution in [3.05, 3.63) is 70.1 Å². The Bertz CT molecular complexity index is 1120. The summed E-state index contributed by atoms with van der Waals surface area (Å²) >= 11 is 1.66. The zero-order valence-electron chi connectivity index (χ0n) is 14.8. The van der Waals surface area contributed by atoms with E-state index in [0.29, 0.717) is 10.8 Å². The molecular weight excluding hydrogens is 352 g/mol. The van der Waals surface area contributed by atoms with E-state index in [1.165, 1.54) is 10.6 Å². The van der Waals surface area contributed by atoms with Crippen LogP contribution in [0.25, 0.3) is 11.1 Å². The molecule has 1 aliphatic rings. The number of rotatable bonds is 3. The van der Waals surface area contributed by atoms with Gasteiger partial charge in [0, 0.05) is 16.7 Å². The van der Waals surface area contributed by atoms with Gasteiger partial charge < -0.3 is 4.90 Å². The average molecular weight is 368 g/mol. The van der Waals surface area contributed by atoms with Crippen molar-refractivity contribution in [1.82, 2.24) is 0 Å². The van der Waals surface area contributed by atoms with Crippen LogP contribution in [0.2, 0.25) is 0 Å². The van der Waals surface area contributed by atoms with E-state index in [2.05, 4.69) is 30.0 Å². The molecule has 2 aromatic rings. The van der Waals surface area contributed by atoms with Gasteiger partial charge >= 0.3 is 0 Å². The third kappa shape index (κ3) is 3.72. The molecule has 5 heteroatoms. The second kappa shape index (κ2) is 8.28. The lowest BCUT2D eigenvalue weighted by Crippen LogP contribution is -2.19. The van der Waals surface area contributed by atoms with E-state index in [1.54, 1.807) is 36.0 Å². The molecule has 0 amide bonds. The molecule has 4 nitrogen and oxygen atoms in total. The summed E-state index contributed by atoms with van der Waals surface area (Å²) < 4.78 is 0. The Morgan fingerprint density at radius 2 is 1.63 bits per heavy atom. The third-order valence-corrected chi connectivity index (χ3v) is 5.29. The van der Waals surface area contributed by atoms with E-state index in [9.17, 15) is 5.26 Å². The van der Waals surface area contributed by atoms with Crippen molar-refractivity contribution >= 4 is 28.6 Å². The van der Waals surface area contributed by atoms with Crippen LogP contribution >= 0.6 is 11.8 Å². The predicted molar refractivity (Wildman–Crippen MR) is 107 cm³/mol. The molecule has 0 saturated heterocycles. The van der Waals surface area contributed by atoms with Crippen LogP contribution in [-0.4, -0.2) is 6.54 Å². The number of nitriles is 3. The molecule has 0 aromatic heterocycles. The quantitative estimate of drug-likeness (QED) is 0.830. The van der Waals surface area contributed by atoms with Gasteiger partial charge in [-0.2, -0.15) is 15.8 Å². The van der Waals surface area contributed by atoms with Gasteiger partial charge in [-0.1, -0.05) is 55.1 Å². The highest BCUT2D eigenvalue weighted by Gasteiger charge is 2.24. The van der Waals surface area contributed by atoms with Crippen LogP contribution in [0.5, 0.6) is 0 Å². The number of hydrogen-bond acceptors (Lipinski definition) is 5. The van der Waals surface area contributed by atoms with Crippen LogP contribution in [0.3, 0.4) is 0 Å². The Morgan fingerprint density at radius 3 is 2.26 bits per heavy atom. The van der Waals surface area contributed by atoms with Gasteiger partial charge in [0.1, 0.15) is 17.7 Å². The molecule has 1 aliphatic heterocycles. The SMILES string of the molecule is CCCN1/C(=C/C(C#N)=c2ccc(=C(C#N)C#N)cc2)Sc2ccccc21. The molecule has 2 aromatic carbocycles. The molecule has 130 valence electrons. The molecule has 0 saturated carbocycles. The van der Waals surface area contributed by atoms with Gasteiger partial charge in [-0.05, 0) is 29.8 Å². The van der Waals surface area contributed by atoms with E-state index < -0.39 is 0 Å².